The predicted molar refractivity (Wildman–Crippen MR) is 75.9 cm³/mol. The average molecular weight is 276 g/mol. The Bertz CT molecular complexity index is 568. The number of benzene rings is 1. The summed E-state index contributed by atoms with van der Waals surface area (Å²) in [6, 6.07) is 5.47. The van der Waals surface area contributed by atoms with Gasteiger partial charge >= 0.3 is 0 Å². The summed E-state index contributed by atoms with van der Waals surface area (Å²) in [4.78, 5) is 4.25. The first kappa shape index (κ1) is 14.3. The molecule has 2 aromatic rings. The minimum Gasteiger partial charge on any atom is -0.493 e. The molecule has 1 atom stereocenters. The third-order valence-corrected chi connectivity index (χ3v) is 3.23. The lowest BCUT2D eigenvalue weighted by atomic mass is 10.0. The molecule has 20 heavy (non-hydrogen) atoms. The molecule has 1 aromatic heterocycles. The van der Waals surface area contributed by atoms with Crippen LogP contribution in [0.5, 0.6) is 11.5 Å². The first-order valence-electron chi connectivity index (χ1n) is 6.54. The Balaban J connectivity index is 2.27. The lowest BCUT2D eigenvalue weighted by molar-refractivity contribution is 0.349. The van der Waals surface area contributed by atoms with E-state index in [4.69, 9.17) is 15.2 Å². The number of ether oxygens (including phenoxy) is 2. The number of aromatic nitrogens is 3. The van der Waals surface area contributed by atoms with Gasteiger partial charge in [0.2, 0.25) is 0 Å². The van der Waals surface area contributed by atoms with Crippen LogP contribution in [0.1, 0.15) is 24.4 Å². The molecule has 0 saturated carbocycles. The molecule has 0 fully saturated rings. The van der Waals surface area contributed by atoms with Gasteiger partial charge in [0.1, 0.15) is 12.2 Å². The Morgan fingerprint density at radius 3 is 2.75 bits per heavy atom. The van der Waals surface area contributed by atoms with Gasteiger partial charge in [0.15, 0.2) is 11.5 Å². The Morgan fingerprint density at radius 2 is 2.10 bits per heavy atom. The van der Waals surface area contributed by atoms with Gasteiger partial charge in [0.25, 0.3) is 0 Å². The maximum absolute atomic E-state index is 6.29. The molecule has 6 heteroatoms. The van der Waals surface area contributed by atoms with E-state index in [1.165, 1.54) is 0 Å². The van der Waals surface area contributed by atoms with Crippen LogP contribution in [0.2, 0.25) is 0 Å². The van der Waals surface area contributed by atoms with Crippen molar-refractivity contribution in [1.82, 2.24) is 14.8 Å². The van der Waals surface area contributed by atoms with Crippen molar-refractivity contribution in [1.29, 1.82) is 0 Å². The van der Waals surface area contributed by atoms with Gasteiger partial charge in [-0.05, 0) is 13.0 Å². The molecule has 0 aliphatic carbocycles. The number of hydrogen-bond acceptors (Lipinski definition) is 5. The summed E-state index contributed by atoms with van der Waals surface area (Å²) >= 11 is 0. The van der Waals surface area contributed by atoms with E-state index in [1.807, 2.05) is 29.8 Å². The predicted octanol–water partition coefficient (Wildman–Crippen LogP) is 1.56. The quantitative estimate of drug-likeness (QED) is 0.866. The van der Waals surface area contributed by atoms with Gasteiger partial charge in [-0.3, -0.25) is 4.68 Å². The van der Waals surface area contributed by atoms with Crippen LogP contribution in [0.4, 0.5) is 0 Å². The van der Waals surface area contributed by atoms with Gasteiger partial charge in [0, 0.05) is 24.6 Å². The second-order valence-corrected chi connectivity index (χ2v) is 4.39. The van der Waals surface area contributed by atoms with Crippen LogP contribution in [-0.2, 0) is 13.0 Å². The number of para-hydroxylation sites is 1. The van der Waals surface area contributed by atoms with E-state index in [9.17, 15) is 0 Å². The molecule has 6 nitrogen and oxygen atoms in total. The van der Waals surface area contributed by atoms with E-state index in [2.05, 4.69) is 10.1 Å². The fourth-order valence-corrected chi connectivity index (χ4v) is 2.22. The van der Waals surface area contributed by atoms with Gasteiger partial charge in [-0.1, -0.05) is 12.1 Å². The van der Waals surface area contributed by atoms with Crippen LogP contribution in [0.15, 0.2) is 24.5 Å². The van der Waals surface area contributed by atoms with Crippen molar-refractivity contribution in [2.45, 2.75) is 25.9 Å². The lowest BCUT2D eigenvalue weighted by Crippen LogP contribution is -2.18. The van der Waals surface area contributed by atoms with Crippen LogP contribution < -0.4 is 15.2 Å². The van der Waals surface area contributed by atoms with Crippen molar-refractivity contribution in [2.24, 2.45) is 5.73 Å². The third-order valence-electron chi connectivity index (χ3n) is 3.23. The minimum atomic E-state index is -0.227. The number of rotatable bonds is 6. The zero-order valence-corrected chi connectivity index (χ0v) is 12.0. The van der Waals surface area contributed by atoms with E-state index in [1.54, 1.807) is 20.5 Å². The highest BCUT2D eigenvalue weighted by atomic mass is 16.5. The van der Waals surface area contributed by atoms with Gasteiger partial charge < -0.3 is 15.2 Å². The van der Waals surface area contributed by atoms with Crippen LogP contribution >= 0.6 is 0 Å². The molecule has 0 aliphatic rings. The summed E-state index contributed by atoms with van der Waals surface area (Å²) in [5.74, 6) is 2.22. The second kappa shape index (κ2) is 6.38. The van der Waals surface area contributed by atoms with E-state index in [-0.39, 0.29) is 6.04 Å². The molecule has 1 aromatic carbocycles. The molecule has 0 amide bonds. The topological polar surface area (TPSA) is 75.2 Å². The highest BCUT2D eigenvalue weighted by Crippen LogP contribution is 2.34. The summed E-state index contributed by atoms with van der Waals surface area (Å²) in [5, 5.41) is 4.15. The Kier molecular flexibility index (Phi) is 4.57. The molecular formula is C14H20N4O2. The summed E-state index contributed by atoms with van der Waals surface area (Å²) in [5.41, 5.74) is 7.19. The number of methoxy groups -OCH3 is 2. The summed E-state index contributed by atoms with van der Waals surface area (Å²) in [7, 11) is 3.23. The molecule has 108 valence electrons. The van der Waals surface area contributed by atoms with Crippen molar-refractivity contribution in [3.63, 3.8) is 0 Å². The van der Waals surface area contributed by atoms with Gasteiger partial charge in [-0.2, -0.15) is 5.10 Å². The van der Waals surface area contributed by atoms with Crippen molar-refractivity contribution < 1.29 is 9.47 Å². The van der Waals surface area contributed by atoms with Crippen molar-refractivity contribution in [3.05, 3.63) is 35.9 Å². The summed E-state index contributed by atoms with van der Waals surface area (Å²) in [6.45, 7) is 2.80. The highest BCUT2D eigenvalue weighted by Gasteiger charge is 2.18. The summed E-state index contributed by atoms with van der Waals surface area (Å²) in [6.07, 6.45) is 2.14. The van der Waals surface area contributed by atoms with E-state index < -0.39 is 0 Å². The first-order chi connectivity index (χ1) is 9.71. The number of nitrogens with zero attached hydrogens (tertiary/aromatic N) is 3. The molecule has 1 heterocycles. The standard InChI is InChI=1S/C14H20N4O2/c1-4-18-13(16-9-17-18)8-11(15)10-6-5-7-12(19-2)14(10)20-3/h5-7,9,11H,4,8,15H2,1-3H3. The zero-order valence-electron chi connectivity index (χ0n) is 12.0. The molecule has 2 rings (SSSR count). The molecule has 0 aliphatic heterocycles. The maximum atomic E-state index is 6.29. The monoisotopic (exact) mass is 276 g/mol. The van der Waals surface area contributed by atoms with E-state index in [0.29, 0.717) is 17.9 Å². The van der Waals surface area contributed by atoms with Crippen LogP contribution in [-0.4, -0.2) is 29.0 Å². The van der Waals surface area contributed by atoms with Gasteiger partial charge in [-0.25, -0.2) is 4.98 Å². The van der Waals surface area contributed by atoms with Crippen LogP contribution in [0.25, 0.3) is 0 Å². The Hall–Kier alpha value is -2.08. The maximum Gasteiger partial charge on any atom is 0.165 e. The van der Waals surface area contributed by atoms with Crippen molar-refractivity contribution in [2.75, 3.05) is 14.2 Å². The van der Waals surface area contributed by atoms with Gasteiger partial charge in [-0.15, -0.1) is 0 Å². The first-order valence-corrected chi connectivity index (χ1v) is 6.54. The Morgan fingerprint density at radius 1 is 1.30 bits per heavy atom. The minimum absolute atomic E-state index is 0.227. The zero-order chi connectivity index (χ0) is 14.5. The molecule has 0 bridgehead atoms. The number of nitrogens with two attached hydrogens (primary N) is 1. The second-order valence-electron chi connectivity index (χ2n) is 4.39. The molecule has 1 unspecified atom stereocenters. The molecule has 0 spiro atoms. The molecule has 2 N–H and O–H groups in total. The lowest BCUT2D eigenvalue weighted by Gasteiger charge is -2.17. The smallest absolute Gasteiger partial charge is 0.165 e. The van der Waals surface area contributed by atoms with Crippen LogP contribution in [0, 0.1) is 0 Å². The molecular weight excluding hydrogens is 256 g/mol. The summed E-state index contributed by atoms with van der Waals surface area (Å²) < 4.78 is 12.5. The fraction of sp³-hybridized carbons (Fsp3) is 0.429. The molecule has 0 saturated heterocycles. The fourth-order valence-electron chi connectivity index (χ4n) is 2.22. The van der Waals surface area contributed by atoms with Gasteiger partial charge in [0.05, 0.1) is 14.2 Å². The van der Waals surface area contributed by atoms with Crippen LogP contribution in [0.3, 0.4) is 0 Å². The largest absolute Gasteiger partial charge is 0.493 e. The Labute approximate surface area is 118 Å². The SMILES string of the molecule is CCn1ncnc1CC(N)c1cccc(OC)c1OC. The number of aryl methyl sites for hydroxylation is 1. The number of hydrogen-bond donors (Lipinski definition) is 1. The highest BCUT2D eigenvalue weighted by molar-refractivity contribution is 5.48. The third kappa shape index (κ3) is 2.75. The van der Waals surface area contributed by atoms with E-state index in [0.717, 1.165) is 17.9 Å². The van der Waals surface area contributed by atoms with Crippen molar-refractivity contribution in [3.8, 4) is 11.5 Å². The van der Waals surface area contributed by atoms with E-state index >= 15 is 0 Å². The van der Waals surface area contributed by atoms with Crippen molar-refractivity contribution >= 4 is 0 Å². The average Bonchev–Trinajstić information content (AvgIpc) is 2.93. The molecule has 0 radical (unpaired) electrons. The normalized spacial score (nSPS) is 12.2.